The van der Waals surface area contributed by atoms with E-state index in [1.165, 1.54) is 0 Å². The van der Waals surface area contributed by atoms with Crippen molar-refractivity contribution in [2.24, 2.45) is 7.05 Å². The van der Waals surface area contributed by atoms with E-state index >= 15 is 0 Å². The van der Waals surface area contributed by atoms with Crippen molar-refractivity contribution >= 4 is 21.8 Å². The topological polar surface area (TPSA) is 64.7 Å². The molecule has 0 spiro atoms. The van der Waals surface area contributed by atoms with E-state index < -0.39 is 0 Å². The lowest BCUT2D eigenvalue weighted by Crippen LogP contribution is -2.26. The smallest absolute Gasteiger partial charge is 0.270 e. The average Bonchev–Trinajstić information content (AvgIpc) is 3.01. The van der Waals surface area contributed by atoms with E-state index in [2.05, 4.69) is 31.4 Å². The van der Waals surface area contributed by atoms with Crippen LogP contribution >= 0.6 is 15.9 Å². The highest BCUT2D eigenvalue weighted by molar-refractivity contribution is 9.10. The Labute approximate surface area is 155 Å². The lowest BCUT2D eigenvalue weighted by Gasteiger charge is -2.08. The third-order valence-electron chi connectivity index (χ3n) is 4.23. The quantitative estimate of drug-likeness (QED) is 0.729. The molecule has 1 amide bonds. The minimum absolute atomic E-state index is 0.166. The molecule has 0 unspecified atom stereocenters. The lowest BCUT2D eigenvalue weighted by atomic mass is 10.2. The maximum atomic E-state index is 12.5. The van der Waals surface area contributed by atoms with Gasteiger partial charge in [0, 0.05) is 24.8 Å². The maximum absolute atomic E-state index is 12.5. The second-order valence-corrected chi connectivity index (χ2v) is 6.74. The van der Waals surface area contributed by atoms with Gasteiger partial charge in [0.25, 0.3) is 5.91 Å². The van der Waals surface area contributed by atoms with E-state index in [1.54, 1.807) is 11.7 Å². The molecule has 2 aromatic heterocycles. The summed E-state index contributed by atoms with van der Waals surface area (Å²) in [4.78, 5) is 12.5. The van der Waals surface area contributed by atoms with Crippen LogP contribution in [0.25, 0.3) is 5.69 Å². The van der Waals surface area contributed by atoms with E-state index in [9.17, 15) is 4.79 Å². The molecule has 25 heavy (non-hydrogen) atoms. The van der Waals surface area contributed by atoms with Crippen molar-refractivity contribution < 1.29 is 4.79 Å². The third-order valence-corrected chi connectivity index (χ3v) is 5.18. The highest BCUT2D eigenvalue weighted by atomic mass is 79.9. The van der Waals surface area contributed by atoms with Crippen LogP contribution in [0.5, 0.6) is 0 Å². The van der Waals surface area contributed by atoms with E-state index in [0.717, 1.165) is 32.8 Å². The molecule has 7 heteroatoms. The summed E-state index contributed by atoms with van der Waals surface area (Å²) in [5, 5.41) is 11.8. The third kappa shape index (κ3) is 3.24. The molecular formula is C18H20BrN5O. The molecule has 0 fully saturated rings. The van der Waals surface area contributed by atoms with Crippen LogP contribution in [0.3, 0.4) is 0 Å². The van der Waals surface area contributed by atoms with E-state index in [-0.39, 0.29) is 5.91 Å². The molecule has 6 nitrogen and oxygen atoms in total. The molecule has 1 N–H and O–H groups in total. The summed E-state index contributed by atoms with van der Waals surface area (Å²) in [6.45, 7) is 6.25. The van der Waals surface area contributed by atoms with Gasteiger partial charge >= 0.3 is 0 Å². The number of amides is 1. The van der Waals surface area contributed by atoms with Gasteiger partial charge in [-0.15, -0.1) is 0 Å². The van der Waals surface area contributed by atoms with Crippen molar-refractivity contribution in [3.8, 4) is 5.69 Å². The fourth-order valence-corrected chi connectivity index (χ4v) is 3.40. The second kappa shape index (κ2) is 6.84. The van der Waals surface area contributed by atoms with Crippen LogP contribution in [0.2, 0.25) is 0 Å². The summed E-state index contributed by atoms with van der Waals surface area (Å²) < 4.78 is 4.21. The predicted octanol–water partition coefficient (Wildman–Crippen LogP) is 3.22. The Morgan fingerprint density at radius 2 is 1.80 bits per heavy atom. The fraction of sp³-hybridized carbons (Fsp3) is 0.278. The van der Waals surface area contributed by atoms with Crippen LogP contribution in [0.4, 0.5) is 0 Å². The molecule has 0 aliphatic heterocycles. The highest BCUT2D eigenvalue weighted by Gasteiger charge is 2.19. The highest BCUT2D eigenvalue weighted by Crippen LogP contribution is 2.21. The SMILES string of the molecule is Cc1nn(C)c(C(=O)NCc2c(C)nn(-c3ccccc3)c2C)c1Br. The molecule has 0 radical (unpaired) electrons. The minimum atomic E-state index is -0.166. The first-order chi connectivity index (χ1) is 11.9. The number of hydrogen-bond acceptors (Lipinski definition) is 3. The van der Waals surface area contributed by atoms with Gasteiger partial charge in [-0.1, -0.05) is 18.2 Å². The maximum Gasteiger partial charge on any atom is 0.270 e. The number of aryl methyl sites for hydroxylation is 3. The average molecular weight is 402 g/mol. The molecule has 0 atom stereocenters. The Balaban J connectivity index is 1.82. The molecule has 3 aromatic rings. The number of carbonyl (C=O) groups is 1. The number of para-hydroxylation sites is 1. The molecule has 2 heterocycles. The molecule has 0 saturated heterocycles. The molecular weight excluding hydrogens is 382 g/mol. The normalized spacial score (nSPS) is 10.9. The first-order valence-corrected chi connectivity index (χ1v) is 8.77. The minimum Gasteiger partial charge on any atom is -0.346 e. The van der Waals surface area contributed by atoms with Gasteiger partial charge in [-0.05, 0) is 48.8 Å². The Morgan fingerprint density at radius 1 is 1.12 bits per heavy atom. The van der Waals surface area contributed by atoms with Gasteiger partial charge < -0.3 is 5.32 Å². The van der Waals surface area contributed by atoms with E-state index in [4.69, 9.17) is 0 Å². The summed E-state index contributed by atoms with van der Waals surface area (Å²) in [5.74, 6) is -0.166. The van der Waals surface area contributed by atoms with Gasteiger partial charge in [-0.25, -0.2) is 4.68 Å². The summed E-state index contributed by atoms with van der Waals surface area (Å²) in [5.41, 5.74) is 5.25. The number of aromatic nitrogens is 4. The summed E-state index contributed by atoms with van der Waals surface area (Å²) in [7, 11) is 1.76. The summed E-state index contributed by atoms with van der Waals surface area (Å²) in [6, 6.07) is 9.96. The largest absolute Gasteiger partial charge is 0.346 e. The fourth-order valence-electron chi connectivity index (χ4n) is 2.88. The number of hydrogen-bond donors (Lipinski definition) is 1. The van der Waals surface area contributed by atoms with Crippen LogP contribution in [-0.4, -0.2) is 25.5 Å². The summed E-state index contributed by atoms with van der Waals surface area (Å²) in [6.07, 6.45) is 0. The van der Waals surface area contributed by atoms with E-state index in [1.807, 2.05) is 55.8 Å². The zero-order valence-electron chi connectivity index (χ0n) is 14.7. The Kier molecular flexibility index (Phi) is 4.76. The monoisotopic (exact) mass is 401 g/mol. The molecule has 0 saturated carbocycles. The van der Waals surface area contributed by atoms with E-state index in [0.29, 0.717) is 12.2 Å². The molecule has 0 aliphatic carbocycles. The standard InChI is InChI=1S/C18H20BrN5O/c1-11-15(13(3)24(22-11)14-8-6-5-7-9-14)10-20-18(25)17-16(19)12(2)21-23(17)4/h5-9H,10H2,1-4H3,(H,20,25). The van der Waals surface area contributed by atoms with Crippen LogP contribution in [0, 0.1) is 20.8 Å². The van der Waals surface area contributed by atoms with Crippen molar-refractivity contribution in [2.75, 3.05) is 0 Å². The lowest BCUT2D eigenvalue weighted by molar-refractivity contribution is 0.0940. The van der Waals surface area contributed by atoms with Gasteiger partial charge in [0.2, 0.25) is 0 Å². The number of benzene rings is 1. The number of nitrogens with one attached hydrogen (secondary N) is 1. The molecule has 3 rings (SSSR count). The van der Waals surface area contributed by atoms with Crippen molar-refractivity contribution in [1.29, 1.82) is 0 Å². The van der Waals surface area contributed by atoms with Gasteiger partial charge in [-0.2, -0.15) is 10.2 Å². The first kappa shape index (κ1) is 17.4. The zero-order valence-corrected chi connectivity index (χ0v) is 16.3. The zero-order chi connectivity index (χ0) is 18.1. The second-order valence-electron chi connectivity index (χ2n) is 5.95. The Morgan fingerprint density at radius 3 is 2.40 bits per heavy atom. The first-order valence-electron chi connectivity index (χ1n) is 7.98. The van der Waals surface area contributed by atoms with Gasteiger partial charge in [0.05, 0.1) is 21.5 Å². The molecule has 1 aromatic carbocycles. The molecule has 0 bridgehead atoms. The summed E-state index contributed by atoms with van der Waals surface area (Å²) >= 11 is 3.43. The van der Waals surface area contributed by atoms with Crippen molar-refractivity contribution in [3.63, 3.8) is 0 Å². The van der Waals surface area contributed by atoms with Crippen LogP contribution in [-0.2, 0) is 13.6 Å². The molecule has 130 valence electrons. The van der Waals surface area contributed by atoms with Crippen LogP contribution in [0.1, 0.15) is 33.1 Å². The Bertz CT molecular complexity index is 927. The number of rotatable bonds is 4. The van der Waals surface area contributed by atoms with Crippen molar-refractivity contribution in [1.82, 2.24) is 24.9 Å². The Hall–Kier alpha value is -2.41. The van der Waals surface area contributed by atoms with Gasteiger partial charge in [0.1, 0.15) is 5.69 Å². The molecule has 0 aliphatic rings. The van der Waals surface area contributed by atoms with Crippen molar-refractivity contribution in [2.45, 2.75) is 27.3 Å². The number of halogens is 1. The van der Waals surface area contributed by atoms with Gasteiger partial charge in [0.15, 0.2) is 0 Å². The number of nitrogens with zero attached hydrogens (tertiary/aromatic N) is 4. The van der Waals surface area contributed by atoms with Crippen molar-refractivity contribution in [3.05, 3.63) is 63.1 Å². The van der Waals surface area contributed by atoms with Crippen LogP contribution in [0.15, 0.2) is 34.8 Å². The number of carbonyl (C=O) groups excluding carboxylic acids is 1. The predicted molar refractivity (Wildman–Crippen MR) is 99.9 cm³/mol. The van der Waals surface area contributed by atoms with Crippen LogP contribution < -0.4 is 5.32 Å². The van der Waals surface area contributed by atoms with Gasteiger partial charge in [-0.3, -0.25) is 9.48 Å².